The molecule has 1 atom stereocenters. The Bertz CT molecular complexity index is 498. The number of aliphatic hydroxyl groups is 1. The summed E-state index contributed by atoms with van der Waals surface area (Å²) in [5.41, 5.74) is 2.64. The normalized spacial score (nSPS) is 16.0. The number of anilines is 1. The van der Waals surface area contributed by atoms with Crippen molar-refractivity contribution in [3.05, 3.63) is 29.3 Å². The zero-order valence-electron chi connectivity index (χ0n) is 12.6. The molecular formula is C17H24N2O. The van der Waals surface area contributed by atoms with Crippen molar-refractivity contribution < 1.29 is 5.11 Å². The molecule has 1 unspecified atom stereocenters. The molecule has 1 aliphatic rings. The summed E-state index contributed by atoms with van der Waals surface area (Å²) >= 11 is 0. The molecule has 0 radical (unpaired) electrons. The maximum Gasteiger partial charge on any atom is 0.0992 e. The van der Waals surface area contributed by atoms with Gasteiger partial charge in [0.1, 0.15) is 0 Å². The van der Waals surface area contributed by atoms with Gasteiger partial charge in [0, 0.05) is 23.8 Å². The third kappa shape index (κ3) is 3.52. The molecule has 0 saturated heterocycles. The predicted octanol–water partition coefficient (Wildman–Crippen LogP) is 3.63. The van der Waals surface area contributed by atoms with Gasteiger partial charge in [-0.05, 0) is 44.2 Å². The van der Waals surface area contributed by atoms with E-state index in [9.17, 15) is 5.11 Å². The predicted molar refractivity (Wildman–Crippen MR) is 81.6 cm³/mol. The maximum atomic E-state index is 9.99. The van der Waals surface area contributed by atoms with Crippen molar-refractivity contribution in [2.24, 2.45) is 5.92 Å². The van der Waals surface area contributed by atoms with Crippen LogP contribution in [0.1, 0.15) is 57.3 Å². The first-order valence-corrected chi connectivity index (χ1v) is 7.51. The first-order chi connectivity index (χ1) is 9.52. The van der Waals surface area contributed by atoms with Gasteiger partial charge in [0.2, 0.25) is 0 Å². The Morgan fingerprint density at radius 1 is 1.35 bits per heavy atom. The van der Waals surface area contributed by atoms with E-state index >= 15 is 0 Å². The Morgan fingerprint density at radius 3 is 2.55 bits per heavy atom. The Labute approximate surface area is 121 Å². The molecule has 2 rings (SSSR count). The van der Waals surface area contributed by atoms with Crippen molar-refractivity contribution >= 4 is 5.69 Å². The largest absolute Gasteiger partial charge is 0.389 e. The van der Waals surface area contributed by atoms with Gasteiger partial charge in [0.25, 0.3) is 0 Å². The number of aliphatic hydroxyl groups excluding tert-OH is 1. The lowest BCUT2D eigenvalue weighted by molar-refractivity contribution is 0.199. The van der Waals surface area contributed by atoms with Gasteiger partial charge in [-0.25, -0.2) is 0 Å². The van der Waals surface area contributed by atoms with Crippen LogP contribution >= 0.6 is 0 Å². The molecule has 0 spiro atoms. The molecule has 1 N–H and O–H groups in total. The number of hydrogen-bond donors (Lipinski definition) is 1. The van der Waals surface area contributed by atoms with E-state index in [0.717, 1.165) is 24.2 Å². The van der Waals surface area contributed by atoms with Crippen LogP contribution < -0.4 is 4.90 Å². The van der Waals surface area contributed by atoms with Gasteiger partial charge in [-0.15, -0.1) is 0 Å². The SMILES string of the molecule is CC(C)CCN(c1cc(C#N)ccc1C(C)O)C1CC1. The first-order valence-electron chi connectivity index (χ1n) is 7.51. The molecule has 20 heavy (non-hydrogen) atoms. The molecule has 1 aliphatic carbocycles. The second-order valence-corrected chi connectivity index (χ2v) is 6.17. The molecule has 1 fully saturated rings. The molecule has 1 aromatic rings. The Morgan fingerprint density at radius 2 is 2.05 bits per heavy atom. The average molecular weight is 272 g/mol. The molecule has 0 bridgehead atoms. The Hall–Kier alpha value is -1.53. The minimum atomic E-state index is -0.502. The second-order valence-electron chi connectivity index (χ2n) is 6.17. The summed E-state index contributed by atoms with van der Waals surface area (Å²) in [5, 5.41) is 19.1. The minimum absolute atomic E-state index is 0.502. The number of hydrogen-bond acceptors (Lipinski definition) is 3. The van der Waals surface area contributed by atoms with Crippen molar-refractivity contribution in [1.29, 1.82) is 5.26 Å². The number of nitriles is 1. The summed E-state index contributed by atoms with van der Waals surface area (Å²) in [4.78, 5) is 2.39. The monoisotopic (exact) mass is 272 g/mol. The van der Waals surface area contributed by atoms with Crippen LogP contribution in [-0.2, 0) is 0 Å². The summed E-state index contributed by atoms with van der Waals surface area (Å²) < 4.78 is 0. The van der Waals surface area contributed by atoms with Crippen molar-refractivity contribution in [3.63, 3.8) is 0 Å². The van der Waals surface area contributed by atoms with E-state index in [4.69, 9.17) is 5.26 Å². The maximum absolute atomic E-state index is 9.99. The highest BCUT2D eigenvalue weighted by atomic mass is 16.3. The minimum Gasteiger partial charge on any atom is -0.389 e. The zero-order chi connectivity index (χ0) is 14.7. The van der Waals surface area contributed by atoms with Crippen molar-refractivity contribution in [2.45, 2.75) is 52.2 Å². The van der Waals surface area contributed by atoms with Crippen LogP contribution in [0.3, 0.4) is 0 Å². The number of nitrogens with zero attached hydrogens (tertiary/aromatic N) is 2. The molecule has 0 amide bonds. The van der Waals surface area contributed by atoms with E-state index in [-0.39, 0.29) is 0 Å². The zero-order valence-corrected chi connectivity index (χ0v) is 12.6. The van der Waals surface area contributed by atoms with E-state index in [1.54, 1.807) is 13.0 Å². The van der Waals surface area contributed by atoms with Crippen LogP contribution in [0.2, 0.25) is 0 Å². The average Bonchev–Trinajstić information content (AvgIpc) is 3.22. The molecule has 3 nitrogen and oxygen atoms in total. The summed E-state index contributed by atoms with van der Waals surface area (Å²) in [6.07, 6.45) is 3.06. The van der Waals surface area contributed by atoms with Gasteiger partial charge >= 0.3 is 0 Å². The van der Waals surface area contributed by atoms with Crippen molar-refractivity contribution in [3.8, 4) is 6.07 Å². The lowest BCUT2D eigenvalue weighted by Gasteiger charge is -2.29. The highest BCUT2D eigenvalue weighted by Crippen LogP contribution is 2.36. The van der Waals surface area contributed by atoms with Gasteiger partial charge in [-0.1, -0.05) is 19.9 Å². The van der Waals surface area contributed by atoms with Gasteiger partial charge < -0.3 is 10.0 Å². The third-order valence-corrected chi connectivity index (χ3v) is 3.85. The van der Waals surface area contributed by atoms with E-state index < -0.39 is 6.10 Å². The smallest absolute Gasteiger partial charge is 0.0992 e. The summed E-state index contributed by atoms with van der Waals surface area (Å²) in [6.45, 7) is 7.24. The molecule has 1 aromatic carbocycles. The number of benzene rings is 1. The third-order valence-electron chi connectivity index (χ3n) is 3.85. The van der Waals surface area contributed by atoms with E-state index in [2.05, 4.69) is 24.8 Å². The van der Waals surface area contributed by atoms with E-state index in [1.165, 1.54) is 12.8 Å². The van der Waals surface area contributed by atoms with Crippen LogP contribution in [-0.4, -0.2) is 17.7 Å². The van der Waals surface area contributed by atoms with Crippen molar-refractivity contribution in [1.82, 2.24) is 0 Å². The first kappa shape index (κ1) is 14.9. The molecule has 1 saturated carbocycles. The van der Waals surface area contributed by atoms with Crippen LogP contribution in [0.15, 0.2) is 18.2 Å². The fourth-order valence-corrected chi connectivity index (χ4v) is 2.50. The van der Waals surface area contributed by atoms with Crippen LogP contribution in [0.25, 0.3) is 0 Å². The molecular weight excluding hydrogens is 248 g/mol. The Kier molecular flexibility index (Phi) is 4.67. The molecule has 0 heterocycles. The fourth-order valence-electron chi connectivity index (χ4n) is 2.50. The highest BCUT2D eigenvalue weighted by molar-refractivity contribution is 5.59. The molecule has 3 heteroatoms. The van der Waals surface area contributed by atoms with Crippen molar-refractivity contribution in [2.75, 3.05) is 11.4 Å². The topological polar surface area (TPSA) is 47.3 Å². The van der Waals surface area contributed by atoms with Gasteiger partial charge in [-0.3, -0.25) is 0 Å². The standard InChI is InChI=1S/C17H24N2O/c1-12(2)8-9-19(15-5-6-15)17-10-14(11-18)4-7-16(17)13(3)20/h4,7,10,12-13,15,20H,5-6,8-9H2,1-3H3. The molecule has 108 valence electrons. The molecule has 0 aromatic heterocycles. The van der Waals surface area contributed by atoms with Gasteiger partial charge in [0.15, 0.2) is 0 Å². The van der Waals surface area contributed by atoms with E-state index in [1.807, 2.05) is 12.1 Å². The summed E-state index contributed by atoms with van der Waals surface area (Å²) in [5.74, 6) is 0.658. The molecule has 0 aliphatic heterocycles. The Balaban J connectivity index is 2.32. The quantitative estimate of drug-likeness (QED) is 0.860. The van der Waals surface area contributed by atoms with E-state index in [0.29, 0.717) is 17.5 Å². The summed E-state index contributed by atoms with van der Waals surface area (Å²) in [7, 11) is 0. The highest BCUT2D eigenvalue weighted by Gasteiger charge is 2.31. The number of rotatable bonds is 6. The fraction of sp³-hybridized carbons (Fsp3) is 0.588. The lowest BCUT2D eigenvalue weighted by Crippen LogP contribution is -2.29. The second kappa shape index (κ2) is 6.28. The van der Waals surface area contributed by atoms with Crippen LogP contribution in [0.4, 0.5) is 5.69 Å². The van der Waals surface area contributed by atoms with Gasteiger partial charge in [-0.2, -0.15) is 5.26 Å². The van der Waals surface area contributed by atoms with Crippen LogP contribution in [0, 0.1) is 17.2 Å². The van der Waals surface area contributed by atoms with Crippen LogP contribution in [0.5, 0.6) is 0 Å². The summed E-state index contributed by atoms with van der Waals surface area (Å²) in [6, 6.07) is 8.40. The van der Waals surface area contributed by atoms with Gasteiger partial charge in [0.05, 0.1) is 17.7 Å². The lowest BCUT2D eigenvalue weighted by atomic mass is 10.0.